The van der Waals surface area contributed by atoms with Crippen LogP contribution in [0.1, 0.15) is 31.4 Å². The first-order chi connectivity index (χ1) is 14.8. The van der Waals surface area contributed by atoms with Crippen molar-refractivity contribution in [2.75, 3.05) is 18.4 Å². The molecule has 1 aliphatic rings. The molecule has 1 aliphatic carbocycles. The Kier molecular flexibility index (Phi) is 5.96. The van der Waals surface area contributed by atoms with Crippen molar-refractivity contribution in [2.45, 2.75) is 37.2 Å². The van der Waals surface area contributed by atoms with Gasteiger partial charge in [0, 0.05) is 19.7 Å². The molecule has 4 rings (SSSR count). The Morgan fingerprint density at radius 3 is 2.61 bits per heavy atom. The van der Waals surface area contributed by atoms with Gasteiger partial charge in [0.2, 0.25) is 15.1 Å². The number of anilines is 1. The minimum Gasteiger partial charge on any atom is -0.368 e. The quantitative estimate of drug-likeness (QED) is 0.507. The largest absolute Gasteiger partial charge is 0.368 e. The van der Waals surface area contributed by atoms with Crippen LogP contribution in [-0.2, 0) is 21.1 Å². The van der Waals surface area contributed by atoms with Crippen molar-refractivity contribution < 1.29 is 13.2 Å². The number of fused-ring (bicyclic) bond motifs is 1. The summed E-state index contributed by atoms with van der Waals surface area (Å²) in [5.41, 5.74) is 1.41. The van der Waals surface area contributed by atoms with E-state index >= 15 is 0 Å². The fraction of sp³-hybridized carbons (Fsp3) is 0.400. The van der Waals surface area contributed by atoms with Gasteiger partial charge in [-0.3, -0.25) is 9.36 Å². The van der Waals surface area contributed by atoms with E-state index in [2.05, 4.69) is 20.3 Å². The number of hydrogen-bond acceptors (Lipinski definition) is 8. The van der Waals surface area contributed by atoms with Crippen molar-refractivity contribution in [3.63, 3.8) is 0 Å². The van der Waals surface area contributed by atoms with Gasteiger partial charge in [0.15, 0.2) is 17.4 Å². The van der Waals surface area contributed by atoms with E-state index in [0.29, 0.717) is 23.6 Å². The fourth-order valence-corrected chi connectivity index (χ4v) is 4.61. The van der Waals surface area contributed by atoms with Crippen LogP contribution in [0.5, 0.6) is 0 Å². The maximum Gasteiger partial charge on any atom is 0.295 e. The number of benzene rings is 1. The lowest BCUT2D eigenvalue weighted by molar-refractivity contribution is 0.250. The third-order valence-corrected chi connectivity index (χ3v) is 7.05. The van der Waals surface area contributed by atoms with Crippen LogP contribution in [0.25, 0.3) is 11.2 Å². The minimum absolute atomic E-state index is 0.0326. The molecule has 1 N–H and O–H groups in total. The lowest BCUT2D eigenvalue weighted by Crippen LogP contribution is -2.29. The zero-order chi connectivity index (χ0) is 22.2. The summed E-state index contributed by atoms with van der Waals surface area (Å²) in [7, 11) is -2.14. The molecule has 1 aromatic carbocycles. The van der Waals surface area contributed by atoms with E-state index in [-0.39, 0.29) is 33.5 Å². The van der Waals surface area contributed by atoms with Gasteiger partial charge in [-0.2, -0.15) is 4.98 Å². The molecular formula is C20H22ClN5O4S. The Morgan fingerprint density at radius 1 is 1.26 bits per heavy atom. The molecule has 1 saturated carbocycles. The van der Waals surface area contributed by atoms with Crippen molar-refractivity contribution in [3.05, 3.63) is 51.7 Å². The molecule has 164 valence electrons. The number of nitrogens with zero attached hydrogens (tertiary/aromatic N) is 4. The number of halogens is 1. The topological polar surface area (TPSA) is 116 Å². The third kappa shape index (κ3) is 4.56. The van der Waals surface area contributed by atoms with Gasteiger partial charge in [0.1, 0.15) is 5.52 Å². The predicted octanol–water partition coefficient (Wildman–Crippen LogP) is 2.80. The number of sulfone groups is 1. The first-order valence-electron chi connectivity index (χ1n) is 9.79. The normalized spacial score (nSPS) is 15.2. The minimum atomic E-state index is -3.48. The van der Waals surface area contributed by atoms with E-state index in [1.807, 2.05) is 6.92 Å². The second kappa shape index (κ2) is 8.52. The summed E-state index contributed by atoms with van der Waals surface area (Å²) in [6, 6.07) is 6.37. The second-order valence-corrected chi connectivity index (χ2v) is 9.85. The summed E-state index contributed by atoms with van der Waals surface area (Å²) in [4.78, 5) is 26.0. The number of rotatable bonds is 8. The maximum absolute atomic E-state index is 13.2. The van der Waals surface area contributed by atoms with E-state index in [1.54, 1.807) is 16.7 Å². The van der Waals surface area contributed by atoms with Crippen molar-refractivity contribution in [2.24, 2.45) is 5.92 Å². The highest BCUT2D eigenvalue weighted by atomic mass is 35.5. The molecule has 0 radical (unpaired) electrons. The van der Waals surface area contributed by atoms with Crippen LogP contribution in [0.3, 0.4) is 0 Å². The average Bonchev–Trinajstić information content (AvgIpc) is 3.58. The fourth-order valence-electron chi connectivity index (χ4n) is 3.49. The second-order valence-electron chi connectivity index (χ2n) is 7.58. The molecule has 3 aromatic rings. The first kappa shape index (κ1) is 21.7. The van der Waals surface area contributed by atoms with Gasteiger partial charge in [-0.1, -0.05) is 12.1 Å². The number of hydrogen-bond donors (Lipinski definition) is 1. The van der Waals surface area contributed by atoms with Crippen molar-refractivity contribution in [1.29, 1.82) is 0 Å². The van der Waals surface area contributed by atoms with Crippen molar-refractivity contribution >= 4 is 38.4 Å². The molecule has 11 heteroatoms. The summed E-state index contributed by atoms with van der Waals surface area (Å²) in [5.74, 6) is 0.227. The van der Waals surface area contributed by atoms with Crippen LogP contribution < -0.4 is 10.9 Å². The van der Waals surface area contributed by atoms with Gasteiger partial charge in [-0.15, -0.1) is 0 Å². The van der Waals surface area contributed by atoms with Crippen molar-refractivity contribution in [1.82, 2.24) is 19.5 Å². The summed E-state index contributed by atoms with van der Waals surface area (Å²) in [5, 5.41) is 3.13. The van der Waals surface area contributed by atoms with Crippen molar-refractivity contribution in [3.8, 4) is 0 Å². The number of ether oxygens (including phenoxy) is 1. The van der Waals surface area contributed by atoms with E-state index in [9.17, 15) is 13.2 Å². The van der Waals surface area contributed by atoms with Gasteiger partial charge in [-0.25, -0.2) is 18.4 Å². The Hall–Kier alpha value is -2.56. The standard InChI is InChI=1S/C20H22ClN5O4S/c1-12(14-5-6-14)26-18-16(10-23-20(21)25-18)24-17(19(26)27)22-9-13-3-7-15(8-4-13)31(28,29)11-30-2/h3-4,7-8,10,12,14H,5-6,9,11H2,1-2H3,(H,22,24)/t12-/m0/s1. The molecule has 0 unspecified atom stereocenters. The highest BCUT2D eigenvalue weighted by Crippen LogP contribution is 2.39. The molecule has 31 heavy (non-hydrogen) atoms. The first-order valence-corrected chi connectivity index (χ1v) is 11.8. The van der Waals surface area contributed by atoms with Crippen LogP contribution >= 0.6 is 11.6 Å². The zero-order valence-electron chi connectivity index (χ0n) is 17.1. The Labute approximate surface area is 184 Å². The summed E-state index contributed by atoms with van der Waals surface area (Å²) < 4.78 is 30.5. The van der Waals surface area contributed by atoms with Crippen LogP contribution in [0, 0.1) is 5.92 Å². The molecule has 1 fully saturated rings. The van der Waals surface area contributed by atoms with Crippen LogP contribution in [0.15, 0.2) is 40.2 Å². The maximum atomic E-state index is 13.2. The molecule has 0 saturated heterocycles. The number of methoxy groups -OCH3 is 1. The summed E-state index contributed by atoms with van der Waals surface area (Å²) >= 11 is 5.96. The van der Waals surface area contributed by atoms with Crippen LogP contribution in [-0.4, -0.2) is 41.0 Å². The average molecular weight is 464 g/mol. The Balaban J connectivity index is 1.62. The van der Waals surface area contributed by atoms with Gasteiger partial charge in [0.25, 0.3) is 5.56 Å². The van der Waals surface area contributed by atoms with E-state index in [4.69, 9.17) is 16.3 Å². The molecule has 0 aliphatic heterocycles. The monoisotopic (exact) mass is 463 g/mol. The smallest absolute Gasteiger partial charge is 0.295 e. The highest BCUT2D eigenvalue weighted by Gasteiger charge is 2.31. The molecule has 2 heterocycles. The SMILES string of the molecule is COCS(=O)(=O)c1ccc(CNc2nc3cnc(Cl)nc3n([C@@H](C)C3CC3)c2=O)cc1. The summed E-state index contributed by atoms with van der Waals surface area (Å²) in [6.07, 6.45) is 3.63. The lowest BCUT2D eigenvalue weighted by atomic mass is 10.2. The summed E-state index contributed by atoms with van der Waals surface area (Å²) in [6.45, 7) is 2.29. The number of nitrogens with one attached hydrogen (secondary N) is 1. The number of aromatic nitrogens is 4. The molecule has 0 spiro atoms. The zero-order valence-corrected chi connectivity index (χ0v) is 18.7. The van der Waals surface area contributed by atoms with E-state index < -0.39 is 9.84 Å². The van der Waals surface area contributed by atoms with E-state index in [0.717, 1.165) is 18.4 Å². The molecule has 1 atom stereocenters. The van der Waals surface area contributed by atoms with Gasteiger partial charge >= 0.3 is 0 Å². The molecule has 0 amide bonds. The van der Waals surface area contributed by atoms with Crippen LogP contribution in [0.2, 0.25) is 5.28 Å². The Morgan fingerprint density at radius 2 is 1.97 bits per heavy atom. The van der Waals surface area contributed by atoms with Crippen LogP contribution in [0.4, 0.5) is 5.82 Å². The molecule has 2 aromatic heterocycles. The van der Waals surface area contributed by atoms with Gasteiger partial charge in [0.05, 0.1) is 11.1 Å². The third-order valence-electron chi connectivity index (χ3n) is 5.33. The van der Waals surface area contributed by atoms with Gasteiger partial charge in [-0.05, 0) is 55.0 Å². The highest BCUT2D eigenvalue weighted by molar-refractivity contribution is 7.91. The lowest BCUT2D eigenvalue weighted by Gasteiger charge is -2.18. The molecule has 0 bridgehead atoms. The van der Waals surface area contributed by atoms with E-state index in [1.165, 1.54) is 25.4 Å². The molecule has 9 nitrogen and oxygen atoms in total. The van der Waals surface area contributed by atoms with Gasteiger partial charge < -0.3 is 10.1 Å². The Bertz CT molecular complexity index is 1270. The molecular weight excluding hydrogens is 442 g/mol. The predicted molar refractivity (Wildman–Crippen MR) is 117 cm³/mol.